The largest absolute Gasteiger partial charge is 0.341 e. The molecule has 1 fully saturated rings. The zero-order valence-electron chi connectivity index (χ0n) is 10.9. The van der Waals surface area contributed by atoms with Gasteiger partial charge in [0.05, 0.1) is 6.04 Å². The maximum atomic E-state index is 12.2. The molecular weight excluding hydrogens is 200 g/mol. The van der Waals surface area contributed by atoms with Crippen LogP contribution in [0.3, 0.4) is 0 Å². The number of rotatable bonds is 7. The first-order valence-corrected chi connectivity index (χ1v) is 6.64. The number of hydrogen-bond donors (Lipinski definition) is 1. The van der Waals surface area contributed by atoms with Gasteiger partial charge in [-0.3, -0.25) is 4.79 Å². The Balaban J connectivity index is 2.50. The Bertz CT molecular complexity index is 226. The van der Waals surface area contributed by atoms with Crippen molar-refractivity contribution >= 4 is 5.91 Å². The van der Waals surface area contributed by atoms with Crippen molar-refractivity contribution in [3.8, 4) is 0 Å². The SMILES string of the molecule is CCCN(CC1CC1)C(=O)C(N)C(C)CC. The smallest absolute Gasteiger partial charge is 0.239 e. The van der Waals surface area contributed by atoms with Crippen molar-refractivity contribution < 1.29 is 4.79 Å². The minimum absolute atomic E-state index is 0.156. The number of carbonyl (C=O) groups excluding carboxylic acids is 1. The third-order valence-electron chi connectivity index (χ3n) is 3.52. The normalized spacial score (nSPS) is 19.2. The molecule has 3 heteroatoms. The maximum absolute atomic E-state index is 12.2. The van der Waals surface area contributed by atoms with E-state index >= 15 is 0 Å². The molecule has 2 N–H and O–H groups in total. The Labute approximate surface area is 99.4 Å². The van der Waals surface area contributed by atoms with Gasteiger partial charge in [-0.2, -0.15) is 0 Å². The molecule has 94 valence electrons. The summed E-state index contributed by atoms with van der Waals surface area (Å²) < 4.78 is 0. The topological polar surface area (TPSA) is 46.3 Å². The highest BCUT2D eigenvalue weighted by molar-refractivity contribution is 5.82. The predicted octanol–water partition coefficient (Wildman–Crippen LogP) is 2.01. The van der Waals surface area contributed by atoms with Crippen molar-refractivity contribution in [1.29, 1.82) is 0 Å². The van der Waals surface area contributed by atoms with Crippen LogP contribution in [0.15, 0.2) is 0 Å². The van der Waals surface area contributed by atoms with E-state index in [-0.39, 0.29) is 17.9 Å². The second-order valence-corrected chi connectivity index (χ2v) is 5.14. The third-order valence-corrected chi connectivity index (χ3v) is 3.52. The first-order chi connectivity index (χ1) is 7.60. The summed E-state index contributed by atoms with van der Waals surface area (Å²) in [4.78, 5) is 14.2. The Morgan fingerprint density at radius 1 is 1.44 bits per heavy atom. The zero-order valence-corrected chi connectivity index (χ0v) is 10.9. The average Bonchev–Trinajstić information content (AvgIpc) is 3.09. The van der Waals surface area contributed by atoms with E-state index in [4.69, 9.17) is 5.73 Å². The molecule has 0 aliphatic heterocycles. The second kappa shape index (κ2) is 6.24. The molecule has 2 unspecified atom stereocenters. The van der Waals surface area contributed by atoms with Crippen LogP contribution in [-0.2, 0) is 4.79 Å². The zero-order chi connectivity index (χ0) is 12.1. The molecule has 2 atom stereocenters. The number of hydrogen-bond acceptors (Lipinski definition) is 2. The molecule has 0 radical (unpaired) electrons. The molecule has 0 aromatic rings. The Hall–Kier alpha value is -0.570. The van der Waals surface area contributed by atoms with Crippen LogP contribution in [0.1, 0.15) is 46.5 Å². The fourth-order valence-electron chi connectivity index (χ4n) is 1.88. The number of nitrogens with zero attached hydrogens (tertiary/aromatic N) is 1. The van der Waals surface area contributed by atoms with Gasteiger partial charge in [-0.15, -0.1) is 0 Å². The Kier molecular flexibility index (Phi) is 5.26. The summed E-state index contributed by atoms with van der Waals surface area (Å²) in [6.45, 7) is 8.05. The first kappa shape index (κ1) is 13.5. The van der Waals surface area contributed by atoms with Crippen molar-refractivity contribution in [2.75, 3.05) is 13.1 Å². The van der Waals surface area contributed by atoms with Crippen molar-refractivity contribution in [2.24, 2.45) is 17.6 Å². The van der Waals surface area contributed by atoms with E-state index in [1.807, 2.05) is 4.90 Å². The van der Waals surface area contributed by atoms with Gasteiger partial charge in [0.2, 0.25) is 5.91 Å². The van der Waals surface area contributed by atoms with Crippen LogP contribution in [0.25, 0.3) is 0 Å². The highest BCUT2D eigenvalue weighted by Gasteiger charge is 2.30. The van der Waals surface area contributed by atoms with E-state index in [2.05, 4.69) is 20.8 Å². The minimum atomic E-state index is -0.310. The van der Waals surface area contributed by atoms with E-state index in [1.165, 1.54) is 12.8 Å². The maximum Gasteiger partial charge on any atom is 0.239 e. The first-order valence-electron chi connectivity index (χ1n) is 6.64. The average molecular weight is 226 g/mol. The molecule has 1 saturated carbocycles. The van der Waals surface area contributed by atoms with Gasteiger partial charge >= 0.3 is 0 Å². The lowest BCUT2D eigenvalue weighted by Crippen LogP contribution is -2.48. The number of amides is 1. The van der Waals surface area contributed by atoms with Crippen LogP contribution in [0.5, 0.6) is 0 Å². The van der Waals surface area contributed by atoms with E-state index in [0.717, 1.165) is 31.8 Å². The van der Waals surface area contributed by atoms with Gasteiger partial charge in [-0.05, 0) is 31.1 Å². The Morgan fingerprint density at radius 3 is 2.50 bits per heavy atom. The van der Waals surface area contributed by atoms with Gasteiger partial charge in [-0.25, -0.2) is 0 Å². The molecule has 0 spiro atoms. The van der Waals surface area contributed by atoms with Gasteiger partial charge in [-0.1, -0.05) is 27.2 Å². The lowest BCUT2D eigenvalue weighted by Gasteiger charge is -2.27. The van der Waals surface area contributed by atoms with Crippen molar-refractivity contribution in [2.45, 2.75) is 52.5 Å². The summed E-state index contributed by atoms with van der Waals surface area (Å²) in [5.74, 6) is 1.19. The minimum Gasteiger partial charge on any atom is -0.341 e. The summed E-state index contributed by atoms with van der Waals surface area (Å²) >= 11 is 0. The van der Waals surface area contributed by atoms with E-state index in [9.17, 15) is 4.79 Å². The van der Waals surface area contributed by atoms with Gasteiger partial charge in [0, 0.05) is 13.1 Å². The lowest BCUT2D eigenvalue weighted by molar-refractivity contribution is -0.134. The second-order valence-electron chi connectivity index (χ2n) is 5.14. The molecular formula is C13H26N2O. The van der Waals surface area contributed by atoms with Crippen LogP contribution in [-0.4, -0.2) is 29.9 Å². The molecule has 0 bridgehead atoms. The van der Waals surface area contributed by atoms with Crippen LogP contribution in [0.2, 0.25) is 0 Å². The van der Waals surface area contributed by atoms with E-state index in [0.29, 0.717) is 0 Å². The monoisotopic (exact) mass is 226 g/mol. The van der Waals surface area contributed by atoms with Crippen molar-refractivity contribution in [1.82, 2.24) is 4.90 Å². The quantitative estimate of drug-likeness (QED) is 0.722. The van der Waals surface area contributed by atoms with Crippen LogP contribution in [0.4, 0.5) is 0 Å². The molecule has 0 aromatic carbocycles. The third kappa shape index (κ3) is 3.78. The highest BCUT2D eigenvalue weighted by Crippen LogP contribution is 2.30. The van der Waals surface area contributed by atoms with Gasteiger partial charge < -0.3 is 10.6 Å². The molecule has 1 rings (SSSR count). The highest BCUT2D eigenvalue weighted by atomic mass is 16.2. The van der Waals surface area contributed by atoms with E-state index < -0.39 is 0 Å². The molecule has 16 heavy (non-hydrogen) atoms. The predicted molar refractivity (Wildman–Crippen MR) is 67.0 cm³/mol. The fraction of sp³-hybridized carbons (Fsp3) is 0.923. The van der Waals surface area contributed by atoms with Crippen LogP contribution >= 0.6 is 0 Å². The molecule has 1 amide bonds. The molecule has 1 aliphatic rings. The molecule has 0 saturated heterocycles. The van der Waals surface area contributed by atoms with Gasteiger partial charge in [0.15, 0.2) is 0 Å². The number of nitrogens with two attached hydrogens (primary N) is 1. The lowest BCUT2D eigenvalue weighted by atomic mass is 9.98. The number of carbonyl (C=O) groups is 1. The molecule has 1 aliphatic carbocycles. The summed E-state index contributed by atoms with van der Waals surface area (Å²) in [7, 11) is 0. The molecule has 0 aromatic heterocycles. The summed E-state index contributed by atoms with van der Waals surface area (Å²) in [6.07, 6.45) is 4.56. The van der Waals surface area contributed by atoms with Crippen LogP contribution in [0, 0.1) is 11.8 Å². The molecule has 0 heterocycles. The fourth-order valence-corrected chi connectivity index (χ4v) is 1.88. The van der Waals surface area contributed by atoms with Gasteiger partial charge in [0.1, 0.15) is 0 Å². The molecule has 3 nitrogen and oxygen atoms in total. The summed E-state index contributed by atoms with van der Waals surface area (Å²) in [5, 5.41) is 0. The van der Waals surface area contributed by atoms with Crippen molar-refractivity contribution in [3.05, 3.63) is 0 Å². The van der Waals surface area contributed by atoms with Crippen molar-refractivity contribution in [3.63, 3.8) is 0 Å². The van der Waals surface area contributed by atoms with Gasteiger partial charge in [0.25, 0.3) is 0 Å². The standard InChI is InChI=1S/C13H26N2O/c1-4-8-15(9-11-6-7-11)13(16)12(14)10(3)5-2/h10-12H,4-9,14H2,1-3H3. The van der Waals surface area contributed by atoms with E-state index in [1.54, 1.807) is 0 Å². The van der Waals surface area contributed by atoms with Crippen LogP contribution < -0.4 is 5.73 Å². The summed E-state index contributed by atoms with van der Waals surface area (Å²) in [5.41, 5.74) is 6.01. The summed E-state index contributed by atoms with van der Waals surface area (Å²) in [6, 6.07) is -0.310. The Morgan fingerprint density at radius 2 is 2.06 bits per heavy atom.